The number of hydrogen-bond donors (Lipinski definition) is 1. The Labute approximate surface area is 231 Å². The van der Waals surface area contributed by atoms with Gasteiger partial charge in [0, 0.05) is 0 Å². The Morgan fingerprint density at radius 3 is 1.15 bits per heavy atom. The number of hydrogen-bond acceptors (Lipinski definition) is 6. The van der Waals surface area contributed by atoms with E-state index in [1.165, 1.54) is 24.3 Å². The molecule has 0 bridgehead atoms. The summed E-state index contributed by atoms with van der Waals surface area (Å²) in [5.74, 6) is 0.692. The van der Waals surface area contributed by atoms with E-state index in [4.69, 9.17) is 4.74 Å². The zero-order chi connectivity index (χ0) is 29.1. The van der Waals surface area contributed by atoms with Gasteiger partial charge >= 0.3 is 0 Å². The predicted molar refractivity (Wildman–Crippen MR) is 153 cm³/mol. The normalized spacial score (nSPS) is 11.5. The molecule has 6 nitrogen and oxygen atoms in total. The number of ether oxygens (including phenoxy) is 1. The van der Waals surface area contributed by atoms with Gasteiger partial charge in [-0.05, 0) is 112 Å². The van der Waals surface area contributed by atoms with Crippen molar-refractivity contribution in [3.05, 3.63) is 106 Å². The smallest absolute Gasteiger partial charge is 0.207 e. The van der Waals surface area contributed by atoms with Crippen LogP contribution in [0.4, 0.5) is 0 Å². The van der Waals surface area contributed by atoms with Crippen LogP contribution in [0, 0.1) is 41.5 Å². The molecule has 0 saturated carbocycles. The number of rotatable bonds is 5. The summed E-state index contributed by atoms with van der Waals surface area (Å²) in [6, 6.07) is 19.6. The van der Waals surface area contributed by atoms with Gasteiger partial charge in [0.1, 0.15) is 11.5 Å². The second-order valence-electron chi connectivity index (χ2n) is 9.63. The van der Waals surface area contributed by atoms with Crippen molar-refractivity contribution >= 4 is 19.7 Å². The zero-order valence-corrected chi connectivity index (χ0v) is 24.9. The third kappa shape index (κ3) is 6.52. The number of phenolic OH excluding ortho intramolecular Hbond substituents is 1. The molecular formula is C31H34O6S2. The minimum atomic E-state index is -3.54. The second kappa shape index (κ2) is 11.6. The van der Waals surface area contributed by atoms with Gasteiger partial charge in [0.25, 0.3) is 0 Å². The molecule has 8 heteroatoms. The topological polar surface area (TPSA) is 97.7 Å². The number of benzene rings is 4. The first-order chi connectivity index (χ1) is 18.2. The first-order valence-electron chi connectivity index (χ1n) is 12.3. The third-order valence-corrected chi connectivity index (χ3v) is 10.4. The Morgan fingerprint density at radius 1 is 0.538 bits per heavy atom. The van der Waals surface area contributed by atoms with Crippen LogP contribution in [0.15, 0.2) is 92.4 Å². The van der Waals surface area contributed by atoms with Gasteiger partial charge in [-0.25, -0.2) is 16.8 Å². The van der Waals surface area contributed by atoms with Crippen molar-refractivity contribution < 1.29 is 26.7 Å². The van der Waals surface area contributed by atoms with E-state index >= 15 is 0 Å². The first-order valence-corrected chi connectivity index (χ1v) is 15.2. The lowest BCUT2D eigenvalue weighted by Gasteiger charge is -2.12. The van der Waals surface area contributed by atoms with Crippen molar-refractivity contribution in [2.45, 2.75) is 61.1 Å². The molecule has 0 saturated heterocycles. The third-order valence-electron chi connectivity index (χ3n) is 6.26. The molecule has 1 N–H and O–H groups in total. The highest BCUT2D eigenvalue weighted by molar-refractivity contribution is 7.92. The average molecular weight is 567 g/mol. The van der Waals surface area contributed by atoms with Crippen molar-refractivity contribution in [1.82, 2.24) is 0 Å². The van der Waals surface area contributed by atoms with Crippen LogP contribution >= 0.6 is 0 Å². The maximum atomic E-state index is 12.7. The van der Waals surface area contributed by atoms with Gasteiger partial charge in [0.2, 0.25) is 19.7 Å². The van der Waals surface area contributed by atoms with Crippen LogP contribution in [-0.4, -0.2) is 29.1 Å². The maximum absolute atomic E-state index is 12.7. The van der Waals surface area contributed by atoms with Crippen LogP contribution in [0.2, 0.25) is 0 Å². The van der Waals surface area contributed by atoms with Gasteiger partial charge in [0.15, 0.2) is 0 Å². The van der Waals surface area contributed by atoms with Crippen molar-refractivity contribution in [1.29, 1.82) is 0 Å². The number of aromatic hydroxyl groups is 1. The highest BCUT2D eigenvalue weighted by Gasteiger charge is 2.23. The summed E-state index contributed by atoms with van der Waals surface area (Å²) in [4.78, 5) is 1.23. The summed E-state index contributed by atoms with van der Waals surface area (Å²) in [5.41, 5.74) is 5.14. The molecule has 0 radical (unpaired) electrons. The number of aryl methyl sites for hydroxylation is 6. The van der Waals surface area contributed by atoms with E-state index in [0.717, 1.165) is 33.4 Å². The Balaban J connectivity index is 0.000000216. The monoisotopic (exact) mass is 566 g/mol. The lowest BCUT2D eigenvalue weighted by molar-refractivity contribution is 0.414. The summed E-state index contributed by atoms with van der Waals surface area (Å²) < 4.78 is 55.8. The Bertz CT molecular complexity index is 1660. The summed E-state index contributed by atoms with van der Waals surface area (Å²) in [6.07, 6.45) is 0. The molecule has 0 atom stereocenters. The zero-order valence-electron chi connectivity index (χ0n) is 23.2. The van der Waals surface area contributed by atoms with Gasteiger partial charge in [-0.2, -0.15) is 0 Å². The maximum Gasteiger partial charge on any atom is 0.207 e. The molecular weight excluding hydrogens is 532 g/mol. The highest BCUT2D eigenvalue weighted by Crippen LogP contribution is 2.30. The van der Waals surface area contributed by atoms with Crippen molar-refractivity contribution in [2.24, 2.45) is 0 Å². The molecule has 0 unspecified atom stereocenters. The summed E-state index contributed by atoms with van der Waals surface area (Å²) in [7, 11) is -5.49. The molecule has 4 rings (SSSR count). The summed E-state index contributed by atoms with van der Waals surface area (Å²) in [5, 5.41) is 9.24. The van der Waals surface area contributed by atoms with Crippen molar-refractivity contribution in [3.63, 3.8) is 0 Å². The van der Waals surface area contributed by atoms with Gasteiger partial charge in [-0.1, -0.05) is 35.4 Å². The standard InChI is InChI=1S/C16H18O3S.C15H16O3S/c1-11-9-12(2)16(13(3)10-11)20(17,18)15-7-5-14(19-4)6-8-15;1-10-8-11(2)15(12(3)9-10)19(17,18)14-6-4-13(16)5-7-14/h5-10H,1-4H3;4-9,16H,1-3H3. The molecule has 4 aromatic rings. The molecule has 0 aliphatic rings. The van der Waals surface area contributed by atoms with Crippen molar-refractivity contribution in [3.8, 4) is 11.5 Å². The molecule has 0 heterocycles. The first kappa shape index (κ1) is 29.9. The lowest BCUT2D eigenvalue weighted by atomic mass is 10.1. The minimum absolute atomic E-state index is 0.0521. The second-order valence-corrected chi connectivity index (χ2v) is 13.4. The molecule has 0 aromatic heterocycles. The average Bonchev–Trinajstić information content (AvgIpc) is 2.83. The molecule has 0 spiro atoms. The fourth-order valence-corrected chi connectivity index (χ4v) is 8.19. The molecule has 0 amide bonds. The van der Waals surface area contributed by atoms with E-state index in [1.54, 1.807) is 45.2 Å². The van der Waals surface area contributed by atoms with Crippen LogP contribution in [0.3, 0.4) is 0 Å². The van der Waals surface area contributed by atoms with Crippen LogP contribution in [0.5, 0.6) is 11.5 Å². The van der Waals surface area contributed by atoms with Crippen LogP contribution in [0.1, 0.15) is 33.4 Å². The number of sulfone groups is 2. The summed E-state index contributed by atoms with van der Waals surface area (Å²) >= 11 is 0. The SMILES string of the molecule is COc1ccc(S(=O)(=O)c2c(C)cc(C)cc2C)cc1.Cc1cc(C)c(S(=O)(=O)c2ccc(O)cc2)c(C)c1. The van der Waals surface area contributed by atoms with Crippen LogP contribution in [0.25, 0.3) is 0 Å². The highest BCUT2D eigenvalue weighted by atomic mass is 32.2. The van der Waals surface area contributed by atoms with E-state index < -0.39 is 19.7 Å². The van der Waals surface area contributed by atoms with Gasteiger partial charge in [-0.15, -0.1) is 0 Å². The van der Waals surface area contributed by atoms with E-state index in [2.05, 4.69) is 0 Å². The van der Waals surface area contributed by atoms with E-state index in [0.29, 0.717) is 15.5 Å². The Kier molecular flexibility index (Phi) is 8.93. The van der Waals surface area contributed by atoms with Gasteiger partial charge in [-0.3, -0.25) is 0 Å². The fraction of sp³-hybridized carbons (Fsp3) is 0.226. The Hall–Kier alpha value is -3.62. The van der Waals surface area contributed by atoms with E-state index in [9.17, 15) is 21.9 Å². The molecule has 0 fully saturated rings. The van der Waals surface area contributed by atoms with Crippen LogP contribution in [-0.2, 0) is 19.7 Å². The largest absolute Gasteiger partial charge is 0.508 e. The summed E-state index contributed by atoms with van der Waals surface area (Å²) in [6.45, 7) is 11.2. The number of phenols is 1. The lowest BCUT2D eigenvalue weighted by Crippen LogP contribution is -2.07. The molecule has 0 aliphatic heterocycles. The number of methoxy groups -OCH3 is 1. The van der Waals surface area contributed by atoms with E-state index in [1.807, 2.05) is 52.0 Å². The van der Waals surface area contributed by atoms with Gasteiger partial charge in [0.05, 0.1) is 26.7 Å². The Morgan fingerprint density at radius 2 is 0.846 bits per heavy atom. The van der Waals surface area contributed by atoms with Crippen LogP contribution < -0.4 is 4.74 Å². The quantitative estimate of drug-likeness (QED) is 0.292. The molecule has 39 heavy (non-hydrogen) atoms. The van der Waals surface area contributed by atoms with Gasteiger partial charge < -0.3 is 9.84 Å². The minimum Gasteiger partial charge on any atom is -0.508 e. The van der Waals surface area contributed by atoms with Crippen molar-refractivity contribution in [2.75, 3.05) is 7.11 Å². The predicted octanol–water partition coefficient (Wildman–Crippen LogP) is 6.60. The molecule has 4 aromatic carbocycles. The fourth-order valence-electron chi connectivity index (χ4n) is 4.80. The molecule has 0 aliphatic carbocycles. The van der Waals surface area contributed by atoms with E-state index in [-0.39, 0.29) is 15.5 Å². The molecule has 206 valence electrons.